The number of aryl methyl sites for hydroxylation is 1. The van der Waals surface area contributed by atoms with Crippen LogP contribution in [0.4, 0.5) is 0 Å². The van der Waals surface area contributed by atoms with E-state index in [2.05, 4.69) is 34.4 Å². The van der Waals surface area contributed by atoms with Crippen LogP contribution in [0.25, 0.3) is 0 Å². The molecule has 0 saturated heterocycles. The molecule has 148 valence electrons. The quantitative estimate of drug-likeness (QED) is 0.521. The van der Waals surface area contributed by atoms with E-state index in [0.29, 0.717) is 13.2 Å². The number of nitrogens with one attached hydrogen (secondary N) is 1. The van der Waals surface area contributed by atoms with Gasteiger partial charge in [0.25, 0.3) is 0 Å². The van der Waals surface area contributed by atoms with Gasteiger partial charge in [-0.05, 0) is 38.0 Å². The standard InChI is InChI=1S/C20H30N4O2S/c1-6-10-26-18-9-8-16(11-19(18)25-5)12-22-20(21-7-2)24(4)13-17-14-27-15(3)23-17/h8-9,11,14H,6-7,10,12-13H2,1-5H3,(H,21,22). The maximum atomic E-state index is 5.72. The Morgan fingerprint density at radius 2 is 2.11 bits per heavy atom. The highest BCUT2D eigenvalue weighted by molar-refractivity contribution is 7.09. The van der Waals surface area contributed by atoms with Crippen molar-refractivity contribution < 1.29 is 9.47 Å². The number of hydrogen-bond donors (Lipinski definition) is 1. The Balaban J connectivity index is 2.08. The highest BCUT2D eigenvalue weighted by Crippen LogP contribution is 2.28. The molecule has 1 aromatic heterocycles. The van der Waals surface area contributed by atoms with Gasteiger partial charge in [-0.15, -0.1) is 11.3 Å². The summed E-state index contributed by atoms with van der Waals surface area (Å²) in [6.45, 7) is 8.96. The van der Waals surface area contributed by atoms with Gasteiger partial charge in [-0.25, -0.2) is 9.98 Å². The molecule has 0 bridgehead atoms. The molecule has 0 amide bonds. The number of aliphatic imine (C=N–C) groups is 1. The Labute approximate surface area is 166 Å². The molecule has 6 nitrogen and oxygen atoms in total. The van der Waals surface area contributed by atoms with Crippen molar-refractivity contribution in [2.45, 2.75) is 40.3 Å². The van der Waals surface area contributed by atoms with Crippen LogP contribution in [0.1, 0.15) is 36.5 Å². The molecule has 0 aliphatic heterocycles. The molecule has 0 radical (unpaired) electrons. The zero-order valence-electron chi connectivity index (χ0n) is 16.9. The van der Waals surface area contributed by atoms with Crippen molar-refractivity contribution in [1.29, 1.82) is 0 Å². The highest BCUT2D eigenvalue weighted by Gasteiger charge is 2.10. The number of hydrogen-bond acceptors (Lipinski definition) is 5. The summed E-state index contributed by atoms with van der Waals surface area (Å²) < 4.78 is 11.2. The number of nitrogens with zero attached hydrogens (tertiary/aromatic N) is 3. The van der Waals surface area contributed by atoms with E-state index in [1.54, 1.807) is 18.4 Å². The van der Waals surface area contributed by atoms with Crippen molar-refractivity contribution in [1.82, 2.24) is 15.2 Å². The molecule has 0 saturated carbocycles. The second-order valence-corrected chi connectivity index (χ2v) is 7.28. The van der Waals surface area contributed by atoms with Crippen LogP contribution in [0.5, 0.6) is 11.5 Å². The number of aromatic nitrogens is 1. The molecule has 0 aliphatic carbocycles. The first-order valence-electron chi connectivity index (χ1n) is 9.27. The lowest BCUT2D eigenvalue weighted by Crippen LogP contribution is -2.38. The van der Waals surface area contributed by atoms with Gasteiger partial charge in [0, 0.05) is 19.0 Å². The lowest BCUT2D eigenvalue weighted by molar-refractivity contribution is 0.294. The number of thiazole rings is 1. The molecule has 0 atom stereocenters. The van der Waals surface area contributed by atoms with Crippen LogP contribution >= 0.6 is 11.3 Å². The van der Waals surface area contributed by atoms with Crippen molar-refractivity contribution in [2.75, 3.05) is 27.3 Å². The van der Waals surface area contributed by atoms with E-state index in [1.165, 1.54) is 0 Å². The minimum Gasteiger partial charge on any atom is -0.493 e. The van der Waals surface area contributed by atoms with E-state index in [4.69, 9.17) is 14.5 Å². The number of guanidine groups is 1. The molecule has 0 spiro atoms. The van der Waals surface area contributed by atoms with E-state index >= 15 is 0 Å². The van der Waals surface area contributed by atoms with Gasteiger partial charge < -0.3 is 19.7 Å². The maximum absolute atomic E-state index is 5.72. The Morgan fingerprint density at radius 1 is 1.30 bits per heavy atom. The largest absolute Gasteiger partial charge is 0.493 e. The third-order valence-electron chi connectivity index (χ3n) is 3.86. The Morgan fingerprint density at radius 3 is 2.74 bits per heavy atom. The Hall–Kier alpha value is -2.28. The van der Waals surface area contributed by atoms with Crippen LogP contribution in [0.3, 0.4) is 0 Å². The van der Waals surface area contributed by atoms with Gasteiger partial charge >= 0.3 is 0 Å². The molecule has 2 rings (SSSR count). The van der Waals surface area contributed by atoms with Gasteiger partial charge in [-0.1, -0.05) is 13.0 Å². The van der Waals surface area contributed by atoms with Crippen LogP contribution in [0.2, 0.25) is 0 Å². The zero-order chi connectivity index (χ0) is 19.6. The Kier molecular flexibility index (Phi) is 8.39. The molecule has 2 aromatic rings. The lowest BCUT2D eigenvalue weighted by Gasteiger charge is -2.21. The SMILES string of the molecule is CCCOc1ccc(CN=C(NCC)N(C)Cc2csc(C)n2)cc1OC. The predicted octanol–water partition coefficient (Wildman–Crippen LogP) is 3.85. The van der Waals surface area contributed by atoms with Gasteiger partial charge in [0.05, 0.1) is 37.5 Å². The molecule has 1 aromatic carbocycles. The second-order valence-electron chi connectivity index (χ2n) is 6.22. The van der Waals surface area contributed by atoms with Gasteiger partial charge in [0.15, 0.2) is 17.5 Å². The van der Waals surface area contributed by atoms with Crippen LogP contribution in [-0.4, -0.2) is 43.2 Å². The van der Waals surface area contributed by atoms with Gasteiger partial charge in [0.2, 0.25) is 0 Å². The molecule has 27 heavy (non-hydrogen) atoms. The summed E-state index contributed by atoms with van der Waals surface area (Å²) >= 11 is 1.67. The monoisotopic (exact) mass is 390 g/mol. The normalized spacial score (nSPS) is 11.4. The molecule has 1 N–H and O–H groups in total. The fraction of sp³-hybridized carbons (Fsp3) is 0.500. The maximum Gasteiger partial charge on any atom is 0.194 e. The van der Waals surface area contributed by atoms with E-state index in [0.717, 1.165) is 53.2 Å². The fourth-order valence-corrected chi connectivity index (χ4v) is 3.18. The molecule has 7 heteroatoms. The molecular weight excluding hydrogens is 360 g/mol. The fourth-order valence-electron chi connectivity index (χ4n) is 2.58. The topological polar surface area (TPSA) is 59.0 Å². The first-order chi connectivity index (χ1) is 13.1. The minimum atomic E-state index is 0.563. The molecule has 0 aliphatic rings. The highest BCUT2D eigenvalue weighted by atomic mass is 32.1. The number of benzene rings is 1. The van der Waals surface area contributed by atoms with E-state index in [9.17, 15) is 0 Å². The summed E-state index contributed by atoms with van der Waals surface area (Å²) in [5.74, 6) is 2.37. The average molecular weight is 391 g/mol. The van der Waals surface area contributed by atoms with Crippen molar-refractivity contribution in [3.8, 4) is 11.5 Å². The molecule has 1 heterocycles. The number of ether oxygens (including phenoxy) is 2. The Bertz CT molecular complexity index is 745. The third-order valence-corrected chi connectivity index (χ3v) is 4.69. The van der Waals surface area contributed by atoms with Crippen LogP contribution < -0.4 is 14.8 Å². The first kappa shape index (κ1) is 21.0. The minimum absolute atomic E-state index is 0.563. The van der Waals surface area contributed by atoms with Crippen molar-refractivity contribution >= 4 is 17.3 Å². The second kappa shape index (κ2) is 10.8. The smallest absolute Gasteiger partial charge is 0.194 e. The average Bonchev–Trinajstić information content (AvgIpc) is 3.08. The summed E-state index contributed by atoms with van der Waals surface area (Å²) in [4.78, 5) is 11.4. The summed E-state index contributed by atoms with van der Waals surface area (Å²) in [5.41, 5.74) is 2.13. The van der Waals surface area contributed by atoms with Crippen LogP contribution in [-0.2, 0) is 13.1 Å². The first-order valence-corrected chi connectivity index (χ1v) is 10.2. The predicted molar refractivity (Wildman–Crippen MR) is 112 cm³/mol. The van der Waals surface area contributed by atoms with Crippen molar-refractivity contribution in [3.05, 3.63) is 39.8 Å². The van der Waals surface area contributed by atoms with Gasteiger partial charge in [0.1, 0.15) is 0 Å². The summed E-state index contributed by atoms with van der Waals surface area (Å²) in [6.07, 6.45) is 0.964. The molecule has 0 unspecified atom stereocenters. The summed E-state index contributed by atoms with van der Waals surface area (Å²) in [7, 11) is 3.69. The summed E-state index contributed by atoms with van der Waals surface area (Å²) in [5, 5.41) is 6.52. The van der Waals surface area contributed by atoms with E-state index < -0.39 is 0 Å². The van der Waals surface area contributed by atoms with E-state index in [-0.39, 0.29) is 0 Å². The molecular formula is C20H30N4O2S. The van der Waals surface area contributed by atoms with Gasteiger partial charge in [-0.3, -0.25) is 0 Å². The van der Waals surface area contributed by atoms with E-state index in [1.807, 2.05) is 32.2 Å². The van der Waals surface area contributed by atoms with Crippen molar-refractivity contribution in [3.63, 3.8) is 0 Å². The number of methoxy groups -OCH3 is 1. The zero-order valence-corrected chi connectivity index (χ0v) is 17.7. The van der Waals surface area contributed by atoms with Crippen molar-refractivity contribution in [2.24, 2.45) is 4.99 Å². The van der Waals surface area contributed by atoms with Crippen LogP contribution in [0, 0.1) is 6.92 Å². The third kappa shape index (κ3) is 6.43. The van der Waals surface area contributed by atoms with Crippen LogP contribution in [0.15, 0.2) is 28.6 Å². The number of rotatable bonds is 9. The lowest BCUT2D eigenvalue weighted by atomic mass is 10.2. The van der Waals surface area contributed by atoms with Gasteiger partial charge in [-0.2, -0.15) is 0 Å². The molecule has 0 fully saturated rings. The summed E-state index contributed by atoms with van der Waals surface area (Å²) in [6, 6.07) is 5.97.